The second-order valence-corrected chi connectivity index (χ2v) is 11.3. The maximum Gasteiger partial charge on any atom is 0.315 e. The monoisotopic (exact) mass is 558 g/mol. The molecule has 1 atom stereocenters. The van der Waals surface area contributed by atoms with Crippen LogP contribution in [-0.4, -0.2) is 52.2 Å². The number of anilines is 3. The number of carbonyl (C=O) groups is 1. The lowest BCUT2D eigenvalue weighted by molar-refractivity contribution is 0.0895. The first-order valence-corrected chi connectivity index (χ1v) is 13.7. The molecule has 3 heterocycles. The maximum atomic E-state index is 15.4. The van der Waals surface area contributed by atoms with Gasteiger partial charge < -0.3 is 25.4 Å². The second-order valence-electron chi connectivity index (χ2n) is 11.3. The molecule has 214 valence electrons. The number of hydrogen-bond acceptors (Lipinski definition) is 9. The van der Waals surface area contributed by atoms with E-state index in [-0.39, 0.29) is 11.3 Å². The van der Waals surface area contributed by atoms with Crippen molar-refractivity contribution in [1.29, 1.82) is 0 Å². The van der Waals surface area contributed by atoms with Crippen molar-refractivity contribution in [2.45, 2.75) is 46.1 Å². The molecular formula is C30H35FN8O2. The Morgan fingerprint density at radius 3 is 2.63 bits per heavy atom. The Hall–Kier alpha value is -4.38. The fourth-order valence-electron chi connectivity index (χ4n) is 4.74. The molecule has 4 aromatic rings. The number of halogens is 1. The van der Waals surface area contributed by atoms with E-state index in [1.54, 1.807) is 19.1 Å². The summed E-state index contributed by atoms with van der Waals surface area (Å²) in [6.45, 7) is 13.3. The molecule has 2 aromatic heterocycles. The van der Waals surface area contributed by atoms with Crippen molar-refractivity contribution in [3.05, 3.63) is 77.5 Å². The van der Waals surface area contributed by atoms with Gasteiger partial charge in [-0.05, 0) is 55.3 Å². The van der Waals surface area contributed by atoms with Crippen molar-refractivity contribution >= 4 is 23.1 Å². The lowest BCUT2D eigenvalue weighted by atomic mass is 9.96. The first kappa shape index (κ1) is 28.2. The topological polar surface area (TPSA) is 121 Å². The molecule has 1 aliphatic heterocycles. The third-order valence-corrected chi connectivity index (χ3v) is 7.00. The van der Waals surface area contributed by atoms with Gasteiger partial charge in [-0.3, -0.25) is 4.79 Å². The van der Waals surface area contributed by atoms with E-state index in [0.717, 1.165) is 43.1 Å². The second kappa shape index (κ2) is 11.6. The van der Waals surface area contributed by atoms with Gasteiger partial charge in [-0.1, -0.05) is 32.0 Å². The summed E-state index contributed by atoms with van der Waals surface area (Å²) in [5, 5.41) is 13.4. The number of piperazine rings is 1. The summed E-state index contributed by atoms with van der Waals surface area (Å²) in [6, 6.07) is 12.5. The highest BCUT2D eigenvalue weighted by atomic mass is 19.1. The molecule has 0 radical (unpaired) electrons. The number of nitrogens with one attached hydrogen (secondary N) is 3. The van der Waals surface area contributed by atoms with Crippen molar-refractivity contribution in [3.8, 4) is 11.3 Å². The van der Waals surface area contributed by atoms with Crippen LogP contribution in [0, 0.1) is 12.7 Å². The summed E-state index contributed by atoms with van der Waals surface area (Å²) in [4.78, 5) is 27.9. The fourth-order valence-corrected chi connectivity index (χ4v) is 4.74. The molecule has 0 bridgehead atoms. The molecule has 2 aromatic carbocycles. The Morgan fingerprint density at radius 1 is 1.12 bits per heavy atom. The highest BCUT2D eigenvalue weighted by Gasteiger charge is 2.25. The standard InChI is InChI=1S/C30H35FN8O2/c1-18-13-23(24(31)15-22(18)19(2)35-27(40)28-37-29(38-41-28)30(3,4)5)25-16-26(34-17-33-25)36-20-7-6-8-21(14-20)39-11-9-32-10-12-39/h6-8,13-17,19,32H,9-12H2,1-5H3,(H,35,40)(H,33,34,36)/t19-/m1/s1. The molecule has 5 rings (SSSR count). The fraction of sp³-hybridized carbons (Fsp3) is 0.367. The molecule has 0 unspecified atom stereocenters. The van der Waals surface area contributed by atoms with E-state index < -0.39 is 17.8 Å². The summed E-state index contributed by atoms with van der Waals surface area (Å²) < 4.78 is 20.6. The molecule has 0 spiro atoms. The van der Waals surface area contributed by atoms with Gasteiger partial charge in [0.25, 0.3) is 0 Å². The Balaban J connectivity index is 1.31. The number of aromatic nitrogens is 4. The van der Waals surface area contributed by atoms with Crippen molar-refractivity contribution in [2.75, 3.05) is 36.4 Å². The SMILES string of the molecule is Cc1cc(-c2cc(Nc3cccc(N4CCNCC4)c3)ncn2)c(F)cc1[C@@H](C)NC(=O)c1nc(C(C)(C)C)no1. The van der Waals surface area contributed by atoms with Gasteiger partial charge in [0.05, 0.1) is 11.7 Å². The molecule has 3 N–H and O–H groups in total. The van der Waals surface area contributed by atoms with E-state index in [0.29, 0.717) is 28.5 Å². The molecule has 0 saturated carbocycles. The molecule has 1 fully saturated rings. The average Bonchev–Trinajstić information content (AvgIpc) is 3.46. The summed E-state index contributed by atoms with van der Waals surface area (Å²) in [6.07, 6.45) is 1.42. The molecule has 0 aliphatic carbocycles. The van der Waals surface area contributed by atoms with Gasteiger partial charge in [0.1, 0.15) is 18.0 Å². The molecule has 11 heteroatoms. The number of aryl methyl sites for hydroxylation is 1. The minimum Gasteiger partial charge on any atom is -0.369 e. The maximum absolute atomic E-state index is 15.4. The van der Waals surface area contributed by atoms with Crippen LogP contribution in [0.3, 0.4) is 0 Å². The van der Waals surface area contributed by atoms with E-state index in [1.807, 2.05) is 39.8 Å². The van der Waals surface area contributed by atoms with Gasteiger partial charge in [-0.15, -0.1) is 0 Å². The van der Waals surface area contributed by atoms with Gasteiger partial charge in [0, 0.05) is 54.6 Å². The van der Waals surface area contributed by atoms with Crippen LogP contribution in [0.25, 0.3) is 11.3 Å². The number of rotatable bonds is 7. The number of nitrogens with zero attached hydrogens (tertiary/aromatic N) is 5. The van der Waals surface area contributed by atoms with Crippen molar-refractivity contribution in [1.82, 2.24) is 30.7 Å². The Kier molecular flexibility index (Phi) is 7.98. The van der Waals surface area contributed by atoms with Crippen LogP contribution in [0.4, 0.5) is 21.6 Å². The summed E-state index contributed by atoms with van der Waals surface area (Å²) in [7, 11) is 0. The highest BCUT2D eigenvalue weighted by molar-refractivity contribution is 5.89. The third-order valence-electron chi connectivity index (χ3n) is 7.00. The molecule has 1 amide bonds. The zero-order valence-corrected chi connectivity index (χ0v) is 24.0. The number of carbonyl (C=O) groups excluding carboxylic acids is 1. The zero-order valence-electron chi connectivity index (χ0n) is 24.0. The molecule has 1 saturated heterocycles. The lowest BCUT2D eigenvalue weighted by Crippen LogP contribution is -2.43. The van der Waals surface area contributed by atoms with Gasteiger partial charge in [0.15, 0.2) is 5.82 Å². The summed E-state index contributed by atoms with van der Waals surface area (Å²) in [5.41, 5.74) is 3.89. The predicted molar refractivity (Wildman–Crippen MR) is 156 cm³/mol. The van der Waals surface area contributed by atoms with E-state index in [1.165, 1.54) is 12.4 Å². The van der Waals surface area contributed by atoms with Gasteiger partial charge >= 0.3 is 11.8 Å². The minimum absolute atomic E-state index is 0.129. The van der Waals surface area contributed by atoms with Crippen LogP contribution >= 0.6 is 0 Å². The van der Waals surface area contributed by atoms with Gasteiger partial charge in [0.2, 0.25) is 0 Å². The first-order chi connectivity index (χ1) is 19.6. The molecule has 1 aliphatic rings. The predicted octanol–water partition coefficient (Wildman–Crippen LogP) is 4.92. The van der Waals surface area contributed by atoms with E-state index >= 15 is 4.39 Å². The molecular weight excluding hydrogens is 523 g/mol. The van der Waals surface area contributed by atoms with Crippen molar-refractivity contribution in [3.63, 3.8) is 0 Å². The van der Waals surface area contributed by atoms with E-state index in [4.69, 9.17) is 4.52 Å². The molecule has 41 heavy (non-hydrogen) atoms. The quantitative estimate of drug-likeness (QED) is 0.290. The van der Waals surface area contributed by atoms with Crippen molar-refractivity contribution in [2.24, 2.45) is 0 Å². The number of benzene rings is 2. The number of hydrogen-bond donors (Lipinski definition) is 3. The van der Waals surface area contributed by atoms with Crippen molar-refractivity contribution < 1.29 is 13.7 Å². The van der Waals surface area contributed by atoms with Crippen LogP contribution in [0.2, 0.25) is 0 Å². The van der Waals surface area contributed by atoms with E-state index in [2.05, 4.69) is 53.1 Å². The lowest BCUT2D eigenvalue weighted by Gasteiger charge is -2.29. The van der Waals surface area contributed by atoms with Gasteiger partial charge in [-0.2, -0.15) is 4.98 Å². The van der Waals surface area contributed by atoms with Crippen LogP contribution in [0.1, 0.15) is 61.4 Å². The van der Waals surface area contributed by atoms with Gasteiger partial charge in [-0.25, -0.2) is 14.4 Å². The smallest absolute Gasteiger partial charge is 0.315 e. The van der Waals surface area contributed by atoms with E-state index in [9.17, 15) is 4.79 Å². The summed E-state index contributed by atoms with van der Waals surface area (Å²) >= 11 is 0. The average molecular weight is 559 g/mol. The largest absolute Gasteiger partial charge is 0.369 e. The Morgan fingerprint density at radius 2 is 1.90 bits per heavy atom. The van der Waals surface area contributed by atoms with Crippen LogP contribution in [-0.2, 0) is 5.41 Å². The number of amides is 1. The Bertz CT molecular complexity index is 1540. The first-order valence-electron chi connectivity index (χ1n) is 13.7. The van der Waals surface area contributed by atoms with Crippen LogP contribution < -0.4 is 20.9 Å². The highest BCUT2D eigenvalue weighted by Crippen LogP contribution is 2.30. The zero-order chi connectivity index (χ0) is 29.1. The minimum atomic E-state index is -0.517. The molecule has 10 nitrogen and oxygen atoms in total. The third kappa shape index (κ3) is 6.51. The normalized spacial score (nSPS) is 14.5. The summed E-state index contributed by atoms with van der Waals surface area (Å²) in [5.74, 6) is -0.103. The van der Waals surface area contributed by atoms with Crippen LogP contribution in [0.5, 0.6) is 0 Å². The van der Waals surface area contributed by atoms with Crippen LogP contribution in [0.15, 0.2) is 53.3 Å². The Labute approximate surface area is 238 Å².